The van der Waals surface area contributed by atoms with Crippen molar-refractivity contribution in [2.75, 3.05) is 9.80 Å². The summed E-state index contributed by atoms with van der Waals surface area (Å²) in [5, 5.41) is 23.0. The summed E-state index contributed by atoms with van der Waals surface area (Å²) >= 11 is 0. The molecule has 0 amide bonds. The van der Waals surface area contributed by atoms with Crippen molar-refractivity contribution in [2.24, 2.45) is 0 Å². The fourth-order valence-corrected chi connectivity index (χ4v) is 10.6. The summed E-state index contributed by atoms with van der Waals surface area (Å²) in [4.78, 5) is 9.59. The molecule has 0 aliphatic heterocycles. The Morgan fingerprint density at radius 2 is 0.696 bits per heavy atom. The summed E-state index contributed by atoms with van der Waals surface area (Å²) in [6.07, 6.45) is 1.91. The SMILES string of the molecule is c1ccc2c(N(c3ccc4c(c3)oc3ccccc34)c3cnc4c(c3)oc3cc(N(c5ccc6c(c5)oc5ccccc56)c5c6ccccc6cc6ccccc56)nnc34)c3ccccc3cc2c1. The van der Waals surface area contributed by atoms with Crippen LogP contribution < -0.4 is 9.80 Å². The molecule has 5 aromatic heterocycles. The van der Waals surface area contributed by atoms with Crippen LogP contribution in [0.4, 0.5) is 34.3 Å². The molecule has 0 N–H and O–H groups in total. The summed E-state index contributed by atoms with van der Waals surface area (Å²) in [6, 6.07) is 71.7. The molecule has 0 aliphatic carbocycles. The predicted molar refractivity (Wildman–Crippen MR) is 281 cm³/mol. The Labute approximate surface area is 392 Å². The normalized spacial score (nSPS) is 12.1. The molecule has 8 nitrogen and oxygen atoms in total. The predicted octanol–water partition coefficient (Wildman–Crippen LogP) is 17.1. The van der Waals surface area contributed by atoms with Gasteiger partial charge in [0.25, 0.3) is 0 Å². The Kier molecular flexibility index (Phi) is 7.91. The molecule has 15 aromatic rings. The number of hydrogen-bond donors (Lipinski definition) is 0. The second-order valence-corrected chi connectivity index (χ2v) is 17.6. The van der Waals surface area contributed by atoms with Crippen LogP contribution in [0.2, 0.25) is 0 Å². The van der Waals surface area contributed by atoms with Crippen molar-refractivity contribution in [1.82, 2.24) is 15.2 Å². The van der Waals surface area contributed by atoms with Crippen LogP contribution >= 0.6 is 0 Å². The van der Waals surface area contributed by atoms with Gasteiger partial charge in [0, 0.05) is 73.0 Å². The Morgan fingerprint density at radius 1 is 0.290 bits per heavy atom. The van der Waals surface area contributed by atoms with Gasteiger partial charge in [0.2, 0.25) is 0 Å². The molecule has 8 heteroatoms. The van der Waals surface area contributed by atoms with Crippen LogP contribution in [0, 0.1) is 0 Å². The Morgan fingerprint density at radius 3 is 1.23 bits per heavy atom. The fraction of sp³-hybridized carbons (Fsp3) is 0. The average Bonchev–Trinajstić information content (AvgIpc) is 4.09. The van der Waals surface area contributed by atoms with Crippen LogP contribution in [-0.4, -0.2) is 15.2 Å². The quantitative estimate of drug-likeness (QED) is 0.153. The zero-order valence-electron chi connectivity index (χ0n) is 36.7. The smallest absolute Gasteiger partial charge is 0.164 e. The molecule has 0 spiro atoms. The highest BCUT2D eigenvalue weighted by Gasteiger charge is 2.26. The van der Waals surface area contributed by atoms with E-state index in [-0.39, 0.29) is 0 Å². The first kappa shape index (κ1) is 37.7. The average molecular weight is 886 g/mol. The monoisotopic (exact) mass is 885 g/mol. The highest BCUT2D eigenvalue weighted by Crippen LogP contribution is 2.48. The third-order valence-electron chi connectivity index (χ3n) is 13.7. The maximum Gasteiger partial charge on any atom is 0.164 e. The maximum absolute atomic E-state index is 6.89. The van der Waals surface area contributed by atoms with E-state index in [0.717, 1.165) is 115 Å². The van der Waals surface area contributed by atoms with E-state index < -0.39 is 0 Å². The third kappa shape index (κ3) is 5.72. The minimum Gasteiger partial charge on any atom is -0.456 e. The maximum atomic E-state index is 6.89. The van der Waals surface area contributed by atoms with Crippen molar-refractivity contribution in [3.63, 3.8) is 0 Å². The Bertz CT molecular complexity index is 4210. The molecular formula is C61H35N5O3. The van der Waals surface area contributed by atoms with Gasteiger partial charge in [0.15, 0.2) is 22.5 Å². The van der Waals surface area contributed by atoms with Crippen LogP contribution in [-0.2, 0) is 0 Å². The lowest BCUT2D eigenvalue weighted by atomic mass is 9.99. The largest absolute Gasteiger partial charge is 0.456 e. The van der Waals surface area contributed by atoms with E-state index in [0.29, 0.717) is 28.0 Å². The van der Waals surface area contributed by atoms with Crippen LogP contribution in [0.25, 0.3) is 109 Å². The van der Waals surface area contributed by atoms with Gasteiger partial charge >= 0.3 is 0 Å². The number of benzene rings is 10. The van der Waals surface area contributed by atoms with Crippen LogP contribution in [0.15, 0.2) is 226 Å². The van der Waals surface area contributed by atoms with E-state index in [4.69, 9.17) is 28.4 Å². The van der Waals surface area contributed by atoms with Crippen molar-refractivity contribution >= 4 is 143 Å². The van der Waals surface area contributed by atoms with Crippen LogP contribution in [0.3, 0.4) is 0 Å². The number of hydrogen-bond acceptors (Lipinski definition) is 8. The molecular weight excluding hydrogens is 851 g/mol. The van der Waals surface area contributed by atoms with E-state index in [1.54, 1.807) is 0 Å². The van der Waals surface area contributed by atoms with Crippen molar-refractivity contribution in [1.29, 1.82) is 0 Å². The lowest BCUT2D eigenvalue weighted by Gasteiger charge is -2.28. The summed E-state index contributed by atoms with van der Waals surface area (Å²) in [5.74, 6) is 0.585. The van der Waals surface area contributed by atoms with Crippen molar-refractivity contribution in [2.45, 2.75) is 0 Å². The van der Waals surface area contributed by atoms with Crippen molar-refractivity contribution in [3.8, 4) is 0 Å². The van der Waals surface area contributed by atoms with E-state index >= 15 is 0 Å². The number of furan rings is 3. The van der Waals surface area contributed by atoms with Gasteiger partial charge in [-0.05, 0) is 70.1 Å². The van der Waals surface area contributed by atoms with Gasteiger partial charge in [-0.25, -0.2) is 4.98 Å². The van der Waals surface area contributed by atoms with E-state index in [1.165, 1.54) is 0 Å². The number of anilines is 6. The van der Waals surface area contributed by atoms with E-state index in [2.05, 4.69) is 174 Å². The van der Waals surface area contributed by atoms with Crippen molar-refractivity contribution in [3.05, 3.63) is 212 Å². The number of nitrogens with zero attached hydrogens (tertiary/aromatic N) is 5. The molecule has 0 aliphatic rings. The number of aromatic nitrogens is 3. The first-order valence-electron chi connectivity index (χ1n) is 23.0. The topological polar surface area (TPSA) is 84.6 Å². The second-order valence-electron chi connectivity index (χ2n) is 17.6. The molecule has 69 heavy (non-hydrogen) atoms. The molecule has 0 saturated heterocycles. The first-order valence-corrected chi connectivity index (χ1v) is 23.0. The molecule has 0 atom stereocenters. The van der Waals surface area contributed by atoms with Gasteiger partial charge in [0.1, 0.15) is 27.8 Å². The van der Waals surface area contributed by atoms with Crippen molar-refractivity contribution < 1.29 is 13.3 Å². The van der Waals surface area contributed by atoms with E-state index in [1.807, 2.05) is 48.7 Å². The minimum absolute atomic E-state index is 0.560. The van der Waals surface area contributed by atoms with Gasteiger partial charge in [0.05, 0.1) is 28.9 Å². The molecule has 15 rings (SSSR count). The van der Waals surface area contributed by atoms with Gasteiger partial charge in [-0.1, -0.05) is 133 Å². The van der Waals surface area contributed by atoms with E-state index in [9.17, 15) is 0 Å². The lowest BCUT2D eigenvalue weighted by molar-refractivity contribution is 0.666. The van der Waals surface area contributed by atoms with Gasteiger partial charge in [-0.3, -0.25) is 4.90 Å². The Balaban J connectivity index is 0.949. The molecule has 5 heterocycles. The zero-order valence-corrected chi connectivity index (χ0v) is 36.7. The summed E-state index contributed by atoms with van der Waals surface area (Å²) < 4.78 is 19.9. The van der Waals surface area contributed by atoms with Gasteiger partial charge in [-0.15, -0.1) is 10.2 Å². The summed E-state index contributed by atoms with van der Waals surface area (Å²) in [6.45, 7) is 0. The number of rotatable bonds is 6. The molecule has 0 unspecified atom stereocenters. The zero-order chi connectivity index (χ0) is 45.2. The molecule has 0 fully saturated rings. The fourth-order valence-electron chi connectivity index (χ4n) is 10.6. The Hall–Kier alpha value is -9.53. The van der Waals surface area contributed by atoms with Crippen LogP contribution in [0.1, 0.15) is 0 Å². The number of para-hydroxylation sites is 2. The number of pyridine rings is 1. The lowest BCUT2D eigenvalue weighted by Crippen LogP contribution is -2.13. The first-order chi connectivity index (χ1) is 34.2. The summed E-state index contributed by atoms with van der Waals surface area (Å²) in [7, 11) is 0. The molecule has 0 bridgehead atoms. The molecule has 322 valence electrons. The van der Waals surface area contributed by atoms with Gasteiger partial charge < -0.3 is 18.2 Å². The summed E-state index contributed by atoms with van der Waals surface area (Å²) in [5.41, 5.74) is 10.2. The second kappa shape index (κ2) is 14.5. The number of fused-ring (bicyclic) bond motifs is 13. The standard InChI is InChI=1S/C61H35N5O3/c1-5-17-43-36(13-1)29-37-14-2-6-18-44(37)60(43)65(40-25-27-49-47-21-9-11-23-51(47)67-53(49)31-40)42-33-55-58(62-35-42)59-56(69-55)34-57(63-64-59)66(41-26-28-50-48-22-10-12-24-52(48)68-54(50)32-41)61-45-19-7-3-15-38(45)30-39-16-4-8-20-46(39)61/h1-35H. The third-order valence-corrected chi connectivity index (χ3v) is 13.7. The highest BCUT2D eigenvalue weighted by molar-refractivity contribution is 6.17. The highest BCUT2D eigenvalue weighted by atomic mass is 16.3. The minimum atomic E-state index is 0.560. The van der Waals surface area contributed by atoms with Gasteiger partial charge in [-0.2, -0.15) is 0 Å². The van der Waals surface area contributed by atoms with Crippen LogP contribution in [0.5, 0.6) is 0 Å². The molecule has 0 saturated carbocycles. The molecule has 0 radical (unpaired) electrons. The molecule has 10 aromatic carbocycles.